The maximum Gasteiger partial charge on any atom is 0.0708 e. The van der Waals surface area contributed by atoms with Crippen LogP contribution in [0, 0.1) is 5.41 Å². The molecule has 0 radical (unpaired) electrons. The molecule has 3 nitrogen and oxygen atoms in total. The van der Waals surface area contributed by atoms with E-state index >= 15 is 0 Å². The Balaban J connectivity index is 1.15. The van der Waals surface area contributed by atoms with Crippen LogP contribution in [0.5, 0.6) is 0 Å². The lowest BCUT2D eigenvalue weighted by Gasteiger charge is -2.19. The van der Waals surface area contributed by atoms with Crippen molar-refractivity contribution in [2.75, 3.05) is 0 Å². The molecule has 0 atom stereocenters. The Morgan fingerprint density at radius 1 is 0.343 bits per heavy atom. The van der Waals surface area contributed by atoms with E-state index in [1.54, 1.807) is 0 Å². The van der Waals surface area contributed by atoms with Gasteiger partial charge in [0.2, 0.25) is 0 Å². The molecule has 3 heteroatoms. The smallest absolute Gasteiger partial charge is 0.0708 e. The molecule has 67 heavy (non-hydrogen) atoms. The molecular weight excluding hydrogens is 811 g/mol. The van der Waals surface area contributed by atoms with Gasteiger partial charge in [-0.15, -0.1) is 0 Å². The number of allylic oxidation sites excluding steroid dienone is 4. The number of rotatable bonds is 12. The molecule has 0 unspecified atom stereocenters. The number of hydrogen-bond donors (Lipinski definition) is 1. The molecule has 2 heterocycles. The van der Waals surface area contributed by atoms with Crippen molar-refractivity contribution in [2.45, 2.75) is 6.92 Å². The quantitative estimate of drug-likeness (QED) is 0.0983. The van der Waals surface area contributed by atoms with E-state index in [1.165, 1.54) is 0 Å². The minimum absolute atomic E-state index is 0.461. The van der Waals surface area contributed by atoms with Crippen molar-refractivity contribution in [2.24, 2.45) is 0 Å². The van der Waals surface area contributed by atoms with Gasteiger partial charge in [0.05, 0.1) is 17.1 Å². The van der Waals surface area contributed by atoms with Gasteiger partial charge in [-0.2, -0.15) is 0 Å². The van der Waals surface area contributed by atoms with Gasteiger partial charge in [0.25, 0.3) is 0 Å². The maximum absolute atomic E-state index is 8.87. The maximum atomic E-state index is 8.87. The van der Waals surface area contributed by atoms with Crippen LogP contribution in [0.1, 0.15) is 18.1 Å². The van der Waals surface area contributed by atoms with Crippen molar-refractivity contribution in [1.82, 2.24) is 9.97 Å². The van der Waals surface area contributed by atoms with Crippen molar-refractivity contribution in [1.29, 1.82) is 5.41 Å². The molecule has 0 saturated heterocycles. The van der Waals surface area contributed by atoms with Gasteiger partial charge in [0, 0.05) is 34.6 Å². The zero-order chi connectivity index (χ0) is 45.4. The zero-order valence-electron chi connectivity index (χ0n) is 37.2. The largest absolute Gasteiger partial charge is 0.300 e. The van der Waals surface area contributed by atoms with Crippen LogP contribution in [-0.4, -0.2) is 15.7 Å². The fraction of sp³-hybridized carbons (Fsp3) is 0.0156. The molecular formula is C64H47N3. The summed E-state index contributed by atoms with van der Waals surface area (Å²) in [5.74, 6) is 0. The highest BCUT2D eigenvalue weighted by atomic mass is 14.7. The average molecular weight is 858 g/mol. The molecule has 318 valence electrons. The van der Waals surface area contributed by atoms with Crippen molar-refractivity contribution in [3.63, 3.8) is 0 Å². The Labute approximate surface area is 393 Å². The first-order chi connectivity index (χ1) is 33.1. The normalized spacial score (nSPS) is 11.4. The highest BCUT2D eigenvalue weighted by molar-refractivity contribution is 6.08. The third-order valence-corrected chi connectivity index (χ3v) is 12.3. The predicted octanol–water partition coefficient (Wildman–Crippen LogP) is 16.8. The van der Waals surface area contributed by atoms with Gasteiger partial charge >= 0.3 is 0 Å². The number of nitrogens with zero attached hydrogens (tertiary/aromatic N) is 2. The highest BCUT2D eigenvalue weighted by Crippen LogP contribution is 2.44. The molecule has 0 aliphatic carbocycles. The molecule has 0 fully saturated rings. The van der Waals surface area contributed by atoms with E-state index in [1.807, 2.05) is 73.1 Å². The summed E-state index contributed by atoms with van der Waals surface area (Å²) in [5, 5.41) is 8.87. The first kappa shape index (κ1) is 42.2. The molecule has 0 aliphatic heterocycles. The van der Waals surface area contributed by atoms with Gasteiger partial charge in [-0.05, 0) is 116 Å². The zero-order valence-corrected chi connectivity index (χ0v) is 37.2. The molecule has 8 aromatic carbocycles. The lowest BCUT2D eigenvalue weighted by Crippen LogP contribution is -1.95. The van der Waals surface area contributed by atoms with Crippen LogP contribution in [0.2, 0.25) is 0 Å². The molecule has 2 aromatic heterocycles. The Hall–Kier alpha value is -8.79. The molecule has 0 spiro atoms. The van der Waals surface area contributed by atoms with Gasteiger partial charge in [-0.25, -0.2) is 0 Å². The fourth-order valence-corrected chi connectivity index (χ4v) is 8.89. The minimum atomic E-state index is 0.461. The second-order valence-corrected chi connectivity index (χ2v) is 16.4. The summed E-state index contributed by atoms with van der Waals surface area (Å²) in [7, 11) is 0. The number of pyridine rings is 2. The van der Waals surface area contributed by atoms with Crippen LogP contribution in [0.3, 0.4) is 0 Å². The van der Waals surface area contributed by atoms with E-state index in [4.69, 9.17) is 15.4 Å². The summed E-state index contributed by atoms with van der Waals surface area (Å²) in [6, 6.07) is 80.6. The lowest BCUT2D eigenvalue weighted by molar-refractivity contribution is 1.32. The van der Waals surface area contributed by atoms with Gasteiger partial charge in [-0.1, -0.05) is 212 Å². The average Bonchev–Trinajstić information content (AvgIpc) is 3.42. The molecule has 10 aromatic rings. The first-order valence-corrected chi connectivity index (χ1v) is 22.7. The minimum Gasteiger partial charge on any atom is -0.300 e. The summed E-state index contributed by atoms with van der Waals surface area (Å²) in [6.07, 6.45) is 10.1. The van der Waals surface area contributed by atoms with Crippen LogP contribution in [-0.2, 0) is 0 Å². The molecule has 0 saturated carbocycles. The predicted molar refractivity (Wildman–Crippen MR) is 282 cm³/mol. The van der Waals surface area contributed by atoms with E-state index in [2.05, 4.69) is 195 Å². The monoisotopic (exact) mass is 857 g/mol. The van der Waals surface area contributed by atoms with E-state index in [0.29, 0.717) is 5.71 Å². The van der Waals surface area contributed by atoms with Gasteiger partial charge in [0.1, 0.15) is 0 Å². The van der Waals surface area contributed by atoms with Crippen molar-refractivity contribution < 1.29 is 0 Å². The Bertz CT molecular complexity index is 3390. The van der Waals surface area contributed by atoms with E-state index in [0.717, 1.165) is 106 Å². The van der Waals surface area contributed by atoms with Crippen LogP contribution in [0.25, 0.3) is 94.8 Å². The summed E-state index contributed by atoms with van der Waals surface area (Å²) in [4.78, 5) is 10.1. The van der Waals surface area contributed by atoms with Gasteiger partial charge < -0.3 is 5.41 Å². The van der Waals surface area contributed by atoms with Crippen LogP contribution >= 0.6 is 0 Å². The Kier molecular flexibility index (Phi) is 12.3. The van der Waals surface area contributed by atoms with E-state index in [-0.39, 0.29) is 0 Å². The fourth-order valence-electron chi connectivity index (χ4n) is 8.89. The third kappa shape index (κ3) is 9.13. The summed E-state index contributed by atoms with van der Waals surface area (Å²) in [6.45, 7) is 2.06. The summed E-state index contributed by atoms with van der Waals surface area (Å²) >= 11 is 0. The van der Waals surface area contributed by atoms with Crippen molar-refractivity contribution in [3.05, 3.63) is 272 Å². The molecule has 0 amide bonds. The lowest BCUT2D eigenvalue weighted by atomic mass is 9.85. The molecule has 0 aliphatic rings. The molecule has 10 rings (SSSR count). The number of aromatic nitrogens is 2. The number of benzene rings is 8. The van der Waals surface area contributed by atoms with Gasteiger partial charge in [0.15, 0.2) is 0 Å². The topological polar surface area (TPSA) is 49.6 Å². The van der Waals surface area contributed by atoms with E-state index in [9.17, 15) is 0 Å². The Morgan fingerprint density at radius 3 is 1.39 bits per heavy atom. The van der Waals surface area contributed by atoms with Crippen molar-refractivity contribution in [3.8, 4) is 89.3 Å². The first-order valence-electron chi connectivity index (χ1n) is 22.7. The van der Waals surface area contributed by atoms with Crippen molar-refractivity contribution >= 4 is 11.3 Å². The summed E-state index contributed by atoms with van der Waals surface area (Å²) < 4.78 is 0. The number of nitrogens with one attached hydrogen (secondary N) is 1. The third-order valence-electron chi connectivity index (χ3n) is 12.3. The standard InChI is InChI=1S/C64H47N3/c1-2-45(35-37-62(65)47-23-9-4-10-24-47)54-29-15-17-31-56(54)51-39-52(57-32-18-16-30-55(57)50-36-38-63(66-43-50)48-25-11-5-12-26-48)41-53(40-51)58-33-19-20-34-59(58)61-44-67-64(49-27-13-6-14-28-49)42-60(61)46-21-7-3-8-22-46/h2-44,65H,1H3. The van der Waals surface area contributed by atoms with Crippen LogP contribution in [0.15, 0.2) is 261 Å². The Morgan fingerprint density at radius 2 is 0.806 bits per heavy atom. The van der Waals surface area contributed by atoms with E-state index < -0.39 is 0 Å². The summed E-state index contributed by atoms with van der Waals surface area (Å²) in [5.41, 5.74) is 20.6. The van der Waals surface area contributed by atoms with Crippen LogP contribution in [0.4, 0.5) is 0 Å². The second kappa shape index (κ2) is 19.5. The van der Waals surface area contributed by atoms with Gasteiger partial charge in [-0.3, -0.25) is 9.97 Å². The molecule has 0 bridgehead atoms. The number of hydrogen-bond acceptors (Lipinski definition) is 3. The van der Waals surface area contributed by atoms with Crippen LogP contribution < -0.4 is 0 Å². The second-order valence-electron chi connectivity index (χ2n) is 16.4. The molecule has 1 N–H and O–H groups in total. The highest BCUT2D eigenvalue weighted by Gasteiger charge is 2.19. The SMILES string of the molecule is CC=C(C=CC(=N)c1ccccc1)c1ccccc1-c1cc(-c2ccccc2-c2ccc(-c3ccccc3)nc2)cc(-c2ccccc2-c2cnc(-c3ccccc3)cc2-c2ccccc2)c1.